The van der Waals surface area contributed by atoms with Crippen molar-refractivity contribution in [3.8, 4) is 18.1 Å². The van der Waals surface area contributed by atoms with Gasteiger partial charge in [0.2, 0.25) is 0 Å². The van der Waals surface area contributed by atoms with E-state index in [0.29, 0.717) is 5.56 Å². The monoisotopic (exact) mass is 210 g/mol. The maximum absolute atomic E-state index is 12.1. The Balaban J connectivity index is 3.13. The molecule has 1 rings (SSSR count). The fourth-order valence-corrected chi connectivity index (χ4v) is 1.26. The molecule has 1 aromatic rings. The van der Waals surface area contributed by atoms with Gasteiger partial charge in [0.1, 0.15) is 5.75 Å². The van der Waals surface area contributed by atoms with E-state index in [1.807, 2.05) is 0 Å². The van der Waals surface area contributed by atoms with Crippen molar-refractivity contribution in [2.75, 3.05) is 0 Å². The van der Waals surface area contributed by atoms with Gasteiger partial charge in [0.15, 0.2) is 0 Å². The van der Waals surface area contributed by atoms with Crippen LogP contribution < -0.4 is 4.74 Å². The number of terminal acetylenes is 1. The Bertz CT molecular complexity index is 377. The van der Waals surface area contributed by atoms with Crippen LogP contribution in [0.4, 0.5) is 8.78 Å². The summed E-state index contributed by atoms with van der Waals surface area (Å²) in [4.78, 5) is 0. The van der Waals surface area contributed by atoms with Gasteiger partial charge < -0.3 is 4.74 Å². The third-order valence-corrected chi connectivity index (χ3v) is 2.14. The third kappa shape index (κ3) is 2.69. The van der Waals surface area contributed by atoms with Gasteiger partial charge in [0, 0.05) is 5.56 Å². The SMILES string of the molecule is C#CC(C)(C)c1ccccc1OC(F)F. The number of halogens is 2. The lowest BCUT2D eigenvalue weighted by Crippen LogP contribution is -2.16. The lowest BCUT2D eigenvalue weighted by molar-refractivity contribution is -0.0507. The molecule has 0 aliphatic carbocycles. The fourth-order valence-electron chi connectivity index (χ4n) is 1.26. The first-order chi connectivity index (χ1) is 6.97. The van der Waals surface area contributed by atoms with Crippen LogP contribution in [0.3, 0.4) is 0 Å². The first-order valence-electron chi connectivity index (χ1n) is 4.49. The van der Waals surface area contributed by atoms with Crippen molar-refractivity contribution in [2.24, 2.45) is 0 Å². The smallest absolute Gasteiger partial charge is 0.387 e. The predicted molar refractivity (Wildman–Crippen MR) is 54.9 cm³/mol. The molecule has 0 saturated heterocycles. The second-order valence-corrected chi connectivity index (χ2v) is 3.64. The molecule has 0 radical (unpaired) electrons. The molecule has 0 atom stereocenters. The molecular formula is C12H12F2O. The Kier molecular flexibility index (Phi) is 3.31. The number of hydrogen-bond acceptors (Lipinski definition) is 1. The van der Waals surface area contributed by atoms with Crippen LogP contribution in [0.2, 0.25) is 0 Å². The van der Waals surface area contributed by atoms with Gasteiger partial charge in [-0.15, -0.1) is 6.42 Å². The molecule has 1 aromatic carbocycles. The third-order valence-electron chi connectivity index (χ3n) is 2.14. The zero-order valence-electron chi connectivity index (χ0n) is 8.63. The molecule has 1 nitrogen and oxygen atoms in total. The standard InChI is InChI=1S/C12H12F2O/c1-4-12(2,3)9-7-5-6-8-10(9)15-11(13)14/h1,5-8,11H,2-3H3. The molecule has 0 aromatic heterocycles. The molecule has 0 fully saturated rings. The highest BCUT2D eigenvalue weighted by molar-refractivity contribution is 5.43. The molecular weight excluding hydrogens is 198 g/mol. The average Bonchev–Trinajstić information content (AvgIpc) is 2.17. The van der Waals surface area contributed by atoms with Crippen molar-refractivity contribution in [2.45, 2.75) is 25.9 Å². The highest BCUT2D eigenvalue weighted by atomic mass is 19.3. The second-order valence-electron chi connectivity index (χ2n) is 3.64. The first-order valence-corrected chi connectivity index (χ1v) is 4.49. The topological polar surface area (TPSA) is 9.23 Å². The van der Waals surface area contributed by atoms with Crippen molar-refractivity contribution < 1.29 is 13.5 Å². The summed E-state index contributed by atoms with van der Waals surface area (Å²) in [6.45, 7) is 0.723. The average molecular weight is 210 g/mol. The summed E-state index contributed by atoms with van der Waals surface area (Å²) in [6, 6.07) is 6.55. The van der Waals surface area contributed by atoms with Crippen LogP contribution in [-0.2, 0) is 5.41 Å². The molecule has 0 heterocycles. The summed E-state index contributed by atoms with van der Waals surface area (Å²) in [5, 5.41) is 0. The fraction of sp³-hybridized carbons (Fsp3) is 0.333. The Morgan fingerprint density at radius 2 is 1.93 bits per heavy atom. The van der Waals surface area contributed by atoms with E-state index in [1.54, 1.807) is 32.0 Å². The summed E-state index contributed by atoms with van der Waals surface area (Å²) in [5.41, 5.74) is -0.0290. The van der Waals surface area contributed by atoms with Gasteiger partial charge in [0.05, 0.1) is 5.41 Å². The Morgan fingerprint density at radius 3 is 2.47 bits per heavy atom. The minimum absolute atomic E-state index is 0.135. The number of ether oxygens (including phenoxy) is 1. The van der Waals surface area contributed by atoms with E-state index in [0.717, 1.165) is 0 Å². The van der Waals surface area contributed by atoms with Crippen LogP contribution in [0.5, 0.6) is 5.75 Å². The number of alkyl halides is 2. The van der Waals surface area contributed by atoms with Crippen molar-refractivity contribution in [1.29, 1.82) is 0 Å². The lowest BCUT2D eigenvalue weighted by atomic mass is 9.85. The van der Waals surface area contributed by atoms with E-state index in [2.05, 4.69) is 10.7 Å². The van der Waals surface area contributed by atoms with Crippen molar-refractivity contribution in [3.63, 3.8) is 0 Å². The minimum atomic E-state index is -2.83. The summed E-state index contributed by atoms with van der Waals surface area (Å²) in [5.74, 6) is 2.68. The first kappa shape index (κ1) is 11.5. The number of benzene rings is 1. The lowest BCUT2D eigenvalue weighted by Gasteiger charge is -2.21. The van der Waals surface area contributed by atoms with Crippen LogP contribution in [0.25, 0.3) is 0 Å². The highest BCUT2D eigenvalue weighted by Crippen LogP contribution is 2.31. The number of rotatable bonds is 3. The summed E-state index contributed by atoms with van der Waals surface area (Å²) in [7, 11) is 0. The molecule has 15 heavy (non-hydrogen) atoms. The van der Waals surface area contributed by atoms with Crippen molar-refractivity contribution >= 4 is 0 Å². The van der Waals surface area contributed by atoms with Gasteiger partial charge in [-0.2, -0.15) is 8.78 Å². The highest BCUT2D eigenvalue weighted by Gasteiger charge is 2.22. The molecule has 0 spiro atoms. The molecule has 80 valence electrons. The zero-order valence-corrected chi connectivity index (χ0v) is 8.63. The van der Waals surface area contributed by atoms with Crippen LogP contribution in [0.1, 0.15) is 19.4 Å². The van der Waals surface area contributed by atoms with Gasteiger partial charge in [0.25, 0.3) is 0 Å². The molecule has 3 heteroatoms. The van der Waals surface area contributed by atoms with Gasteiger partial charge in [-0.25, -0.2) is 0 Å². The van der Waals surface area contributed by atoms with E-state index < -0.39 is 12.0 Å². The molecule has 0 saturated carbocycles. The largest absolute Gasteiger partial charge is 0.434 e. The quantitative estimate of drug-likeness (QED) is 0.696. The van der Waals surface area contributed by atoms with Crippen molar-refractivity contribution in [3.05, 3.63) is 29.8 Å². The summed E-state index contributed by atoms with van der Waals surface area (Å²) < 4.78 is 28.6. The minimum Gasteiger partial charge on any atom is -0.434 e. The number of para-hydroxylation sites is 1. The van der Waals surface area contributed by atoms with E-state index in [1.165, 1.54) is 6.07 Å². The zero-order chi connectivity index (χ0) is 11.5. The molecule has 0 amide bonds. The van der Waals surface area contributed by atoms with Gasteiger partial charge in [-0.05, 0) is 19.9 Å². The van der Waals surface area contributed by atoms with Crippen molar-refractivity contribution in [1.82, 2.24) is 0 Å². The molecule has 0 aliphatic rings. The van der Waals surface area contributed by atoms with E-state index in [9.17, 15) is 8.78 Å². The molecule has 0 bridgehead atoms. The Labute approximate surface area is 88.1 Å². The van der Waals surface area contributed by atoms with E-state index in [-0.39, 0.29) is 5.75 Å². The van der Waals surface area contributed by atoms with Crippen LogP contribution >= 0.6 is 0 Å². The van der Waals surface area contributed by atoms with E-state index in [4.69, 9.17) is 6.42 Å². The second kappa shape index (κ2) is 4.31. The molecule has 0 aliphatic heterocycles. The normalized spacial score (nSPS) is 11.2. The number of hydrogen-bond donors (Lipinski definition) is 0. The van der Waals surface area contributed by atoms with Gasteiger partial charge >= 0.3 is 6.61 Å². The van der Waals surface area contributed by atoms with Crippen LogP contribution in [0, 0.1) is 12.3 Å². The summed E-state index contributed by atoms with van der Waals surface area (Å²) in [6.07, 6.45) is 5.34. The van der Waals surface area contributed by atoms with Gasteiger partial charge in [-0.1, -0.05) is 24.1 Å². The maximum Gasteiger partial charge on any atom is 0.387 e. The van der Waals surface area contributed by atoms with Crippen LogP contribution in [-0.4, -0.2) is 6.61 Å². The predicted octanol–water partition coefficient (Wildman–Crippen LogP) is 3.20. The maximum atomic E-state index is 12.1. The Hall–Kier alpha value is -1.56. The molecule has 0 N–H and O–H groups in total. The van der Waals surface area contributed by atoms with Gasteiger partial charge in [-0.3, -0.25) is 0 Å². The summed E-state index contributed by atoms with van der Waals surface area (Å²) >= 11 is 0. The van der Waals surface area contributed by atoms with E-state index >= 15 is 0 Å². The Morgan fingerprint density at radius 1 is 1.33 bits per heavy atom. The molecule has 0 unspecified atom stereocenters. The van der Waals surface area contributed by atoms with Crippen LogP contribution in [0.15, 0.2) is 24.3 Å².